The van der Waals surface area contributed by atoms with Gasteiger partial charge in [-0.3, -0.25) is 0 Å². The molecule has 2 nitrogen and oxygen atoms in total. The Balaban J connectivity index is 1.45. The summed E-state index contributed by atoms with van der Waals surface area (Å²) in [5, 5.41) is 6.93. The summed E-state index contributed by atoms with van der Waals surface area (Å²) in [6.45, 7) is 0. The van der Waals surface area contributed by atoms with Crippen molar-refractivity contribution in [3.05, 3.63) is 179 Å². The van der Waals surface area contributed by atoms with E-state index in [0.29, 0.717) is 0 Å². The van der Waals surface area contributed by atoms with Crippen molar-refractivity contribution in [3.63, 3.8) is 0 Å². The molecule has 0 aromatic heterocycles. The molecule has 6 aromatic carbocycles. The summed E-state index contributed by atoms with van der Waals surface area (Å²) in [5.74, 6) is -0.533. The lowest BCUT2D eigenvalue weighted by Gasteiger charge is -2.34. The number of halogens is 2. The largest absolute Gasteiger partial charge is 0.356 e. The van der Waals surface area contributed by atoms with E-state index in [9.17, 15) is 8.78 Å². The lowest BCUT2D eigenvalue weighted by Crippen LogP contribution is -2.28. The predicted molar refractivity (Wildman–Crippen MR) is 163 cm³/mol. The molecule has 0 radical (unpaired) electrons. The molecular formula is C37H26F2N2. The first-order valence-electron chi connectivity index (χ1n) is 13.6. The molecule has 0 bridgehead atoms. The minimum atomic E-state index is -0.589. The lowest BCUT2D eigenvalue weighted by molar-refractivity contribution is 0.627. The molecule has 0 spiro atoms. The molecular weight excluding hydrogens is 510 g/mol. The van der Waals surface area contributed by atoms with Crippen LogP contribution in [0.2, 0.25) is 0 Å². The molecule has 0 aliphatic heterocycles. The van der Waals surface area contributed by atoms with Crippen molar-refractivity contribution >= 4 is 22.7 Å². The highest BCUT2D eigenvalue weighted by atomic mass is 19.1. The fourth-order valence-electron chi connectivity index (χ4n) is 6.04. The van der Waals surface area contributed by atoms with Crippen LogP contribution in [0.5, 0.6) is 0 Å². The van der Waals surface area contributed by atoms with Gasteiger partial charge in [-0.05, 0) is 106 Å². The SMILES string of the molecule is Fc1ccc(Nc2ccc3c(c2)C(c2ccccc2)(c2ccccc2)c2cc(Nc4ccc(F)cc4)ccc2-3)cc1. The number of hydrogen-bond donors (Lipinski definition) is 2. The zero-order valence-corrected chi connectivity index (χ0v) is 22.1. The molecule has 6 aromatic rings. The van der Waals surface area contributed by atoms with E-state index in [2.05, 4.69) is 95.6 Å². The van der Waals surface area contributed by atoms with E-state index in [1.165, 1.54) is 24.3 Å². The zero-order valence-electron chi connectivity index (χ0n) is 22.1. The van der Waals surface area contributed by atoms with Crippen LogP contribution >= 0.6 is 0 Å². The normalized spacial score (nSPS) is 12.8. The van der Waals surface area contributed by atoms with Crippen LogP contribution in [0.1, 0.15) is 22.3 Å². The smallest absolute Gasteiger partial charge is 0.123 e. The Morgan fingerprint density at radius 1 is 0.390 bits per heavy atom. The van der Waals surface area contributed by atoms with E-state index in [-0.39, 0.29) is 11.6 Å². The highest BCUT2D eigenvalue weighted by Crippen LogP contribution is 2.57. The Morgan fingerprint density at radius 3 is 1.15 bits per heavy atom. The fourth-order valence-corrected chi connectivity index (χ4v) is 6.04. The maximum Gasteiger partial charge on any atom is 0.123 e. The van der Waals surface area contributed by atoms with Crippen molar-refractivity contribution < 1.29 is 8.78 Å². The molecule has 198 valence electrons. The van der Waals surface area contributed by atoms with Crippen LogP contribution in [0.3, 0.4) is 0 Å². The molecule has 1 aliphatic rings. The van der Waals surface area contributed by atoms with Crippen LogP contribution in [-0.4, -0.2) is 0 Å². The van der Waals surface area contributed by atoms with Gasteiger partial charge in [0, 0.05) is 22.7 Å². The molecule has 2 N–H and O–H groups in total. The first-order valence-corrected chi connectivity index (χ1v) is 13.6. The minimum Gasteiger partial charge on any atom is -0.356 e. The molecule has 0 amide bonds. The second-order valence-corrected chi connectivity index (χ2v) is 10.3. The second-order valence-electron chi connectivity index (χ2n) is 10.3. The molecule has 41 heavy (non-hydrogen) atoms. The molecule has 0 unspecified atom stereocenters. The molecule has 1 aliphatic carbocycles. The van der Waals surface area contributed by atoms with Crippen molar-refractivity contribution in [1.29, 1.82) is 0 Å². The van der Waals surface area contributed by atoms with Gasteiger partial charge in [-0.2, -0.15) is 0 Å². The van der Waals surface area contributed by atoms with Crippen molar-refractivity contribution in [2.75, 3.05) is 10.6 Å². The number of benzene rings is 6. The lowest BCUT2D eigenvalue weighted by atomic mass is 9.67. The van der Waals surface area contributed by atoms with Gasteiger partial charge in [-0.25, -0.2) is 8.78 Å². The highest BCUT2D eigenvalue weighted by Gasteiger charge is 2.46. The van der Waals surface area contributed by atoms with Gasteiger partial charge in [0.25, 0.3) is 0 Å². The van der Waals surface area contributed by atoms with Gasteiger partial charge >= 0.3 is 0 Å². The van der Waals surface area contributed by atoms with Gasteiger partial charge in [-0.1, -0.05) is 72.8 Å². The second kappa shape index (κ2) is 10.1. The Hall–Kier alpha value is -5.22. The van der Waals surface area contributed by atoms with Crippen molar-refractivity contribution in [3.8, 4) is 11.1 Å². The topological polar surface area (TPSA) is 24.1 Å². The van der Waals surface area contributed by atoms with Crippen LogP contribution in [0, 0.1) is 11.6 Å². The maximum atomic E-state index is 13.6. The van der Waals surface area contributed by atoms with Gasteiger partial charge in [0.05, 0.1) is 5.41 Å². The highest BCUT2D eigenvalue weighted by molar-refractivity contribution is 5.89. The number of fused-ring (bicyclic) bond motifs is 3. The summed E-state index contributed by atoms with van der Waals surface area (Å²) < 4.78 is 27.1. The average Bonchev–Trinajstić information content (AvgIpc) is 3.30. The maximum absolute atomic E-state index is 13.6. The van der Waals surface area contributed by atoms with Crippen LogP contribution < -0.4 is 10.6 Å². The number of rotatable bonds is 6. The molecule has 0 atom stereocenters. The summed E-state index contributed by atoms with van der Waals surface area (Å²) in [7, 11) is 0. The minimum absolute atomic E-state index is 0.267. The van der Waals surface area contributed by atoms with E-state index in [0.717, 1.165) is 56.1 Å². The number of nitrogens with one attached hydrogen (secondary N) is 2. The monoisotopic (exact) mass is 536 g/mol. The Labute approximate surface area is 238 Å². The molecule has 0 saturated heterocycles. The Bertz CT molecular complexity index is 1690. The third-order valence-electron chi connectivity index (χ3n) is 7.82. The van der Waals surface area contributed by atoms with Crippen molar-refractivity contribution in [2.45, 2.75) is 5.41 Å². The van der Waals surface area contributed by atoms with E-state index in [4.69, 9.17) is 0 Å². The molecule has 4 heteroatoms. The standard InChI is InChI=1S/C37H26F2N2/c38-27-11-15-29(16-12-27)40-31-19-21-33-34-22-20-32(41-30-17-13-28(39)14-18-30)24-36(34)37(35(33)23-31,25-7-3-1-4-8-25)26-9-5-2-6-10-26/h1-24,40-41H. The number of anilines is 4. The summed E-state index contributed by atoms with van der Waals surface area (Å²) >= 11 is 0. The predicted octanol–water partition coefficient (Wildman–Crippen LogP) is 9.82. The molecule has 7 rings (SSSR count). The first kappa shape index (κ1) is 24.8. The van der Waals surface area contributed by atoms with Crippen molar-refractivity contribution in [2.24, 2.45) is 0 Å². The van der Waals surface area contributed by atoms with E-state index in [1.54, 1.807) is 24.3 Å². The third-order valence-corrected chi connectivity index (χ3v) is 7.82. The van der Waals surface area contributed by atoms with Crippen LogP contribution in [0.4, 0.5) is 31.5 Å². The van der Waals surface area contributed by atoms with Gasteiger partial charge in [0.15, 0.2) is 0 Å². The Morgan fingerprint density at radius 2 is 0.756 bits per heavy atom. The molecule has 0 fully saturated rings. The summed E-state index contributed by atoms with van der Waals surface area (Å²) in [5.41, 5.74) is 9.84. The fraction of sp³-hybridized carbons (Fsp3) is 0.0270. The molecule has 0 saturated carbocycles. The summed E-state index contributed by atoms with van der Waals surface area (Å²) in [6, 6.07) is 46.9. The summed E-state index contributed by atoms with van der Waals surface area (Å²) in [6.07, 6.45) is 0. The van der Waals surface area contributed by atoms with Gasteiger partial charge < -0.3 is 10.6 Å². The van der Waals surface area contributed by atoms with Crippen LogP contribution in [-0.2, 0) is 5.41 Å². The first-order chi connectivity index (χ1) is 20.1. The van der Waals surface area contributed by atoms with Crippen LogP contribution in [0.25, 0.3) is 11.1 Å². The quantitative estimate of drug-likeness (QED) is 0.221. The van der Waals surface area contributed by atoms with Crippen molar-refractivity contribution in [1.82, 2.24) is 0 Å². The van der Waals surface area contributed by atoms with E-state index in [1.807, 2.05) is 12.1 Å². The van der Waals surface area contributed by atoms with E-state index < -0.39 is 5.41 Å². The van der Waals surface area contributed by atoms with Gasteiger partial charge in [0.2, 0.25) is 0 Å². The third kappa shape index (κ3) is 4.34. The average molecular weight is 537 g/mol. The van der Waals surface area contributed by atoms with E-state index >= 15 is 0 Å². The zero-order chi connectivity index (χ0) is 27.8. The van der Waals surface area contributed by atoms with Crippen LogP contribution in [0.15, 0.2) is 146 Å². The van der Waals surface area contributed by atoms with Gasteiger partial charge in [-0.15, -0.1) is 0 Å². The number of hydrogen-bond acceptors (Lipinski definition) is 2. The Kier molecular flexibility index (Phi) is 6.09. The van der Waals surface area contributed by atoms with Gasteiger partial charge in [0.1, 0.15) is 11.6 Å². The summed E-state index contributed by atoms with van der Waals surface area (Å²) in [4.78, 5) is 0. The molecule has 0 heterocycles.